The van der Waals surface area contributed by atoms with Crippen molar-refractivity contribution in [3.8, 4) is 0 Å². The highest BCUT2D eigenvalue weighted by Crippen LogP contribution is 1.96. The number of rotatable bonds is 2. The van der Waals surface area contributed by atoms with Crippen LogP contribution in [0.2, 0.25) is 0 Å². The zero-order chi connectivity index (χ0) is 5.70. The topological polar surface area (TPSA) is 35.9 Å². The highest BCUT2D eigenvalue weighted by Gasteiger charge is 1.75. The zero-order valence-corrected chi connectivity index (χ0v) is 6.19. The van der Waals surface area contributed by atoms with Gasteiger partial charge in [0.25, 0.3) is 0 Å². The lowest BCUT2D eigenvalue weighted by molar-refractivity contribution is 1.10. The first-order valence-electron chi connectivity index (χ1n) is 1.84. The zero-order valence-electron chi connectivity index (χ0n) is 4.03. The molecule has 0 spiro atoms. The van der Waals surface area contributed by atoms with Gasteiger partial charge >= 0.3 is 0 Å². The molecule has 0 bridgehead atoms. The highest BCUT2D eigenvalue weighted by molar-refractivity contribution is 14.1. The molecule has 0 aliphatic carbocycles. The fourth-order valence-electron chi connectivity index (χ4n) is 0.180. The first-order chi connectivity index (χ1) is 3.31. The van der Waals surface area contributed by atoms with Gasteiger partial charge in [-0.05, 0) is 22.6 Å². The highest BCUT2D eigenvalue weighted by atomic mass is 127. The lowest BCUT2D eigenvalue weighted by atomic mass is 10.7. The second kappa shape index (κ2) is 4.11. The summed E-state index contributed by atoms with van der Waals surface area (Å²) in [6.07, 6.45) is 3.05. The van der Waals surface area contributed by atoms with E-state index in [0.29, 0.717) is 0 Å². The van der Waals surface area contributed by atoms with E-state index in [9.17, 15) is 0 Å². The van der Waals surface area contributed by atoms with Gasteiger partial charge < -0.3 is 10.7 Å². The molecule has 0 saturated carbocycles. The minimum atomic E-state index is 0.903. The van der Waals surface area contributed by atoms with E-state index in [-0.39, 0.29) is 0 Å². The molecule has 0 aliphatic rings. The Balaban J connectivity index is 3.49. The van der Waals surface area contributed by atoms with Crippen LogP contribution < -0.4 is 5.32 Å². The van der Waals surface area contributed by atoms with Crippen LogP contribution in [0.3, 0.4) is 0 Å². The Kier molecular flexibility index (Phi) is 4.07. The largest absolute Gasteiger partial charge is 0.393 e. The second-order valence-electron chi connectivity index (χ2n) is 0.962. The first-order valence-corrected chi connectivity index (χ1v) is 2.92. The van der Waals surface area contributed by atoms with Gasteiger partial charge in [0.15, 0.2) is 0 Å². The number of nitrogens with one attached hydrogen (secondary N) is 2. The lowest BCUT2D eigenvalue weighted by Crippen LogP contribution is -1.92. The number of hydrogen-bond donors (Lipinski definition) is 2. The smallest absolute Gasteiger partial charge is 0.0462 e. The summed E-state index contributed by atoms with van der Waals surface area (Å²) in [5.41, 5.74) is 0. The quantitative estimate of drug-likeness (QED) is 0.520. The molecule has 0 aromatic rings. The second-order valence-corrected chi connectivity index (χ2v) is 2.21. The van der Waals surface area contributed by atoms with Crippen molar-refractivity contribution in [2.24, 2.45) is 0 Å². The predicted molar refractivity (Wildman–Crippen MR) is 39.9 cm³/mol. The number of hydrogen-bond acceptors (Lipinski definition) is 2. The Bertz CT molecular complexity index is 87.7. The molecule has 0 rings (SSSR count). The third-order valence-electron chi connectivity index (χ3n) is 0.420. The fraction of sp³-hybridized carbons (Fsp3) is 0.250. The molecule has 0 saturated heterocycles. The Morgan fingerprint density at radius 3 is 2.57 bits per heavy atom. The van der Waals surface area contributed by atoms with Crippen LogP contribution in [0.5, 0.6) is 0 Å². The average molecular weight is 210 g/mol. The summed E-state index contributed by atoms with van der Waals surface area (Å²) in [5, 5.41) is 9.47. The van der Waals surface area contributed by atoms with E-state index in [1.54, 1.807) is 6.20 Å². The first kappa shape index (κ1) is 6.94. The van der Waals surface area contributed by atoms with E-state index in [4.69, 9.17) is 5.41 Å². The van der Waals surface area contributed by atoms with Crippen molar-refractivity contribution in [1.82, 2.24) is 5.32 Å². The summed E-state index contributed by atoms with van der Waals surface area (Å²) < 4.78 is 0.903. The number of halogens is 1. The van der Waals surface area contributed by atoms with Crippen LogP contribution in [0.15, 0.2) is 9.78 Å². The van der Waals surface area contributed by atoms with Crippen LogP contribution in [0, 0.1) is 5.41 Å². The molecule has 0 unspecified atom stereocenters. The molecule has 0 amide bonds. The maximum Gasteiger partial charge on any atom is 0.0462 e. The van der Waals surface area contributed by atoms with Gasteiger partial charge in [-0.2, -0.15) is 0 Å². The molecule has 0 aromatic carbocycles. The van der Waals surface area contributed by atoms with E-state index in [1.807, 2.05) is 7.05 Å². The monoisotopic (exact) mass is 210 g/mol. The average Bonchev–Trinajstić information content (AvgIpc) is 1.68. The molecular formula is C4H7IN2. The molecule has 7 heavy (non-hydrogen) atoms. The van der Waals surface area contributed by atoms with Crippen molar-refractivity contribution in [3.63, 3.8) is 0 Å². The Hall–Kier alpha value is -0.0600. The van der Waals surface area contributed by atoms with E-state index < -0.39 is 0 Å². The summed E-state index contributed by atoms with van der Waals surface area (Å²) in [6, 6.07) is 0. The van der Waals surface area contributed by atoms with Crippen LogP contribution in [-0.4, -0.2) is 13.3 Å². The minimum Gasteiger partial charge on any atom is -0.393 e. The summed E-state index contributed by atoms with van der Waals surface area (Å²) >= 11 is 2.06. The van der Waals surface area contributed by atoms with Gasteiger partial charge in [0.2, 0.25) is 0 Å². The van der Waals surface area contributed by atoms with Crippen LogP contribution in [0.25, 0.3) is 0 Å². The van der Waals surface area contributed by atoms with Gasteiger partial charge in [0, 0.05) is 23.0 Å². The molecule has 0 heterocycles. The van der Waals surface area contributed by atoms with Gasteiger partial charge in [-0.1, -0.05) is 0 Å². The Morgan fingerprint density at radius 2 is 2.43 bits per heavy atom. The van der Waals surface area contributed by atoms with E-state index in [1.165, 1.54) is 6.21 Å². The standard InChI is InChI=1S/C4H7IN2/c1-7-3-4(5)2-6/h2-3,6-7H,1H3/b4-3+,6-2?. The Labute approximate surface area is 56.6 Å². The molecule has 0 atom stereocenters. The molecule has 2 nitrogen and oxygen atoms in total. The fourth-order valence-corrected chi connectivity index (χ4v) is 0.491. The van der Waals surface area contributed by atoms with Crippen molar-refractivity contribution >= 4 is 28.8 Å². The molecule has 40 valence electrons. The summed E-state index contributed by atoms with van der Waals surface area (Å²) in [6.45, 7) is 0. The van der Waals surface area contributed by atoms with E-state index in [0.717, 1.165) is 3.58 Å². The Morgan fingerprint density at radius 1 is 1.86 bits per heavy atom. The van der Waals surface area contributed by atoms with Gasteiger partial charge in [-0.3, -0.25) is 0 Å². The maximum atomic E-state index is 6.67. The third kappa shape index (κ3) is 3.78. The van der Waals surface area contributed by atoms with Crippen molar-refractivity contribution in [2.45, 2.75) is 0 Å². The maximum absolute atomic E-state index is 6.67. The minimum absolute atomic E-state index is 0.903. The predicted octanol–water partition coefficient (Wildman–Crippen LogP) is 1.13. The molecule has 3 heteroatoms. The van der Waals surface area contributed by atoms with Gasteiger partial charge in [-0.15, -0.1) is 0 Å². The van der Waals surface area contributed by atoms with Crippen molar-refractivity contribution in [3.05, 3.63) is 9.78 Å². The van der Waals surface area contributed by atoms with Crippen LogP contribution in [0.1, 0.15) is 0 Å². The van der Waals surface area contributed by atoms with Gasteiger partial charge in [0.05, 0.1) is 0 Å². The summed E-state index contributed by atoms with van der Waals surface area (Å²) in [5.74, 6) is 0. The lowest BCUT2D eigenvalue weighted by Gasteiger charge is -1.84. The van der Waals surface area contributed by atoms with Crippen molar-refractivity contribution in [2.75, 3.05) is 7.05 Å². The van der Waals surface area contributed by atoms with Gasteiger partial charge in [-0.25, -0.2) is 0 Å². The summed E-state index contributed by atoms with van der Waals surface area (Å²) in [7, 11) is 1.81. The SMILES string of the molecule is CN/C=C(/I)C=N. The van der Waals surface area contributed by atoms with E-state index in [2.05, 4.69) is 27.9 Å². The molecular weight excluding hydrogens is 203 g/mol. The van der Waals surface area contributed by atoms with E-state index >= 15 is 0 Å². The normalized spacial score (nSPS) is 10.9. The number of allylic oxidation sites excluding steroid dienone is 1. The van der Waals surface area contributed by atoms with Crippen LogP contribution in [0.4, 0.5) is 0 Å². The van der Waals surface area contributed by atoms with Gasteiger partial charge in [0.1, 0.15) is 0 Å². The summed E-state index contributed by atoms with van der Waals surface area (Å²) in [4.78, 5) is 0. The van der Waals surface area contributed by atoms with Crippen molar-refractivity contribution < 1.29 is 0 Å². The molecule has 0 fully saturated rings. The van der Waals surface area contributed by atoms with Crippen LogP contribution >= 0.6 is 22.6 Å². The molecule has 0 aliphatic heterocycles. The third-order valence-corrected chi connectivity index (χ3v) is 1.04. The van der Waals surface area contributed by atoms with Crippen LogP contribution in [-0.2, 0) is 0 Å². The molecule has 0 aromatic heterocycles. The molecule has 2 N–H and O–H groups in total. The molecule has 0 radical (unpaired) electrons. The van der Waals surface area contributed by atoms with Crippen molar-refractivity contribution in [1.29, 1.82) is 5.41 Å².